The van der Waals surface area contributed by atoms with E-state index in [1.807, 2.05) is 24.3 Å². The molecule has 1 heterocycles. The average molecular weight is 525 g/mol. The minimum atomic E-state index is 0.182. The number of fused-ring (bicyclic) bond motifs is 3. The summed E-state index contributed by atoms with van der Waals surface area (Å²) in [6.45, 7) is 4.75. The van der Waals surface area contributed by atoms with Crippen LogP contribution < -0.4 is 14.8 Å². The average Bonchev–Trinajstić information content (AvgIpc) is 3.27. The van der Waals surface area contributed by atoms with Crippen LogP contribution in [0.2, 0.25) is 5.02 Å². The van der Waals surface area contributed by atoms with Crippen LogP contribution in [0.4, 0.5) is 5.69 Å². The zero-order valence-electron chi connectivity index (χ0n) is 19.0. The van der Waals surface area contributed by atoms with Crippen molar-refractivity contribution in [3.05, 3.63) is 98.0 Å². The molecule has 3 aromatic carbocycles. The first-order valence-corrected chi connectivity index (χ1v) is 12.4. The fourth-order valence-electron chi connectivity index (χ4n) is 5.30. The summed E-state index contributed by atoms with van der Waals surface area (Å²) >= 11 is 10.1. The molecule has 0 spiro atoms. The highest BCUT2D eigenvalue weighted by Gasteiger charge is 2.39. The molecule has 0 amide bonds. The van der Waals surface area contributed by atoms with Crippen LogP contribution in [0.1, 0.15) is 46.2 Å². The Morgan fingerprint density at radius 1 is 1.12 bits per heavy atom. The molecule has 2 aliphatic rings. The van der Waals surface area contributed by atoms with Gasteiger partial charge in [-0.2, -0.15) is 0 Å². The van der Waals surface area contributed by atoms with Gasteiger partial charge >= 0.3 is 0 Å². The monoisotopic (exact) mass is 523 g/mol. The zero-order valence-corrected chi connectivity index (χ0v) is 21.3. The second-order valence-corrected chi connectivity index (χ2v) is 10.2. The van der Waals surface area contributed by atoms with E-state index in [-0.39, 0.29) is 6.04 Å². The summed E-state index contributed by atoms with van der Waals surface area (Å²) in [5.41, 5.74) is 7.43. The van der Waals surface area contributed by atoms with E-state index in [2.05, 4.69) is 71.5 Å². The van der Waals surface area contributed by atoms with Gasteiger partial charge < -0.3 is 14.8 Å². The van der Waals surface area contributed by atoms with Crippen molar-refractivity contribution >= 4 is 33.2 Å². The Kier molecular flexibility index (Phi) is 6.15. The van der Waals surface area contributed by atoms with Gasteiger partial charge in [0.1, 0.15) is 6.61 Å². The van der Waals surface area contributed by atoms with Crippen LogP contribution in [-0.4, -0.2) is 7.11 Å². The number of ether oxygens (including phenoxy) is 2. The van der Waals surface area contributed by atoms with E-state index in [0.717, 1.165) is 16.5 Å². The molecule has 3 atom stereocenters. The highest BCUT2D eigenvalue weighted by Crippen LogP contribution is 2.52. The van der Waals surface area contributed by atoms with Crippen LogP contribution in [-0.2, 0) is 6.61 Å². The standard InChI is InChI=1S/C28H27BrClNO2/c1-16-11-17(2)26-20-8-6-9-21(20)27(31-24(26)12-16)19-13-22(29)28(25(14-19)32-3)33-15-18-7-4-5-10-23(18)30/h4-8,10-14,20-21,27,31H,9,15H2,1-3H3/t20-,21+,27+/m1/s1. The molecule has 170 valence electrons. The maximum absolute atomic E-state index is 6.31. The third-order valence-electron chi connectivity index (χ3n) is 6.76. The number of aryl methyl sites for hydroxylation is 2. The van der Waals surface area contributed by atoms with E-state index >= 15 is 0 Å². The smallest absolute Gasteiger partial charge is 0.175 e. The second-order valence-electron chi connectivity index (χ2n) is 8.93. The Morgan fingerprint density at radius 2 is 1.94 bits per heavy atom. The van der Waals surface area contributed by atoms with Crippen LogP contribution in [0.15, 0.2) is 65.2 Å². The largest absolute Gasteiger partial charge is 0.493 e. The molecule has 0 fully saturated rings. The van der Waals surface area contributed by atoms with Crippen LogP contribution >= 0.6 is 27.5 Å². The molecule has 5 rings (SSSR count). The lowest BCUT2D eigenvalue weighted by atomic mass is 9.75. The third kappa shape index (κ3) is 4.15. The normalized spacial score (nSPS) is 20.7. The molecule has 1 aliphatic heterocycles. The summed E-state index contributed by atoms with van der Waals surface area (Å²) in [4.78, 5) is 0. The van der Waals surface area contributed by atoms with Gasteiger partial charge in [0, 0.05) is 22.2 Å². The Morgan fingerprint density at radius 3 is 2.73 bits per heavy atom. The van der Waals surface area contributed by atoms with Gasteiger partial charge in [-0.25, -0.2) is 0 Å². The lowest BCUT2D eigenvalue weighted by Crippen LogP contribution is -2.29. The Labute approximate surface area is 208 Å². The Balaban J connectivity index is 1.48. The molecular formula is C28H27BrClNO2. The van der Waals surface area contributed by atoms with Crippen LogP contribution in [0, 0.1) is 19.8 Å². The number of hydrogen-bond donors (Lipinski definition) is 1. The Bertz CT molecular complexity index is 1240. The molecule has 0 saturated carbocycles. The lowest BCUT2D eigenvalue weighted by molar-refractivity contribution is 0.282. The van der Waals surface area contributed by atoms with E-state index < -0.39 is 0 Å². The van der Waals surface area contributed by atoms with Gasteiger partial charge in [0.25, 0.3) is 0 Å². The summed E-state index contributed by atoms with van der Waals surface area (Å²) in [6.07, 6.45) is 5.76. The summed E-state index contributed by atoms with van der Waals surface area (Å²) in [6, 6.07) is 16.7. The van der Waals surface area contributed by atoms with Crippen molar-refractivity contribution in [1.29, 1.82) is 0 Å². The number of allylic oxidation sites excluding steroid dienone is 2. The topological polar surface area (TPSA) is 30.5 Å². The van der Waals surface area contributed by atoms with Gasteiger partial charge in [0.05, 0.1) is 17.6 Å². The number of nitrogens with one attached hydrogen (secondary N) is 1. The predicted octanol–water partition coefficient (Wildman–Crippen LogP) is 8.13. The highest BCUT2D eigenvalue weighted by molar-refractivity contribution is 9.10. The van der Waals surface area contributed by atoms with E-state index in [9.17, 15) is 0 Å². The van der Waals surface area contributed by atoms with Crippen molar-refractivity contribution in [3.63, 3.8) is 0 Å². The third-order valence-corrected chi connectivity index (χ3v) is 7.72. The minimum absolute atomic E-state index is 0.182. The van der Waals surface area contributed by atoms with Gasteiger partial charge in [-0.05, 0) is 88.6 Å². The van der Waals surface area contributed by atoms with Gasteiger partial charge in [0.15, 0.2) is 11.5 Å². The molecule has 1 aliphatic carbocycles. The predicted molar refractivity (Wildman–Crippen MR) is 139 cm³/mol. The van der Waals surface area contributed by atoms with Crippen molar-refractivity contribution in [2.75, 3.05) is 12.4 Å². The van der Waals surface area contributed by atoms with Gasteiger partial charge in [-0.15, -0.1) is 0 Å². The number of methoxy groups -OCH3 is 1. The Hall–Kier alpha value is -2.43. The van der Waals surface area contributed by atoms with Gasteiger partial charge in [-0.1, -0.05) is 48.0 Å². The number of benzene rings is 3. The molecule has 1 N–H and O–H groups in total. The molecule has 3 nitrogen and oxygen atoms in total. The summed E-state index contributed by atoms with van der Waals surface area (Å²) < 4.78 is 12.8. The van der Waals surface area contributed by atoms with E-state index in [1.165, 1.54) is 27.9 Å². The van der Waals surface area contributed by atoms with Gasteiger partial charge in [0.2, 0.25) is 0 Å². The first kappa shape index (κ1) is 22.4. The molecule has 0 saturated heterocycles. The van der Waals surface area contributed by atoms with Crippen molar-refractivity contribution in [2.24, 2.45) is 5.92 Å². The molecule has 3 aromatic rings. The van der Waals surface area contributed by atoms with Crippen LogP contribution in [0.25, 0.3) is 0 Å². The molecule has 5 heteroatoms. The fraction of sp³-hybridized carbons (Fsp3) is 0.286. The van der Waals surface area contributed by atoms with Crippen LogP contribution in [0.3, 0.4) is 0 Å². The maximum atomic E-state index is 6.31. The first-order valence-electron chi connectivity index (χ1n) is 11.2. The summed E-state index contributed by atoms with van der Waals surface area (Å²) in [5, 5.41) is 4.55. The van der Waals surface area contributed by atoms with E-state index in [0.29, 0.717) is 35.0 Å². The zero-order chi connectivity index (χ0) is 23.1. The molecule has 0 bridgehead atoms. The van der Waals surface area contributed by atoms with Crippen molar-refractivity contribution in [3.8, 4) is 11.5 Å². The number of rotatable bonds is 5. The summed E-state index contributed by atoms with van der Waals surface area (Å²) in [5.74, 6) is 2.28. The molecule has 0 aromatic heterocycles. The number of halogens is 2. The molecule has 0 radical (unpaired) electrons. The number of anilines is 1. The molecule has 0 unspecified atom stereocenters. The van der Waals surface area contributed by atoms with E-state index in [4.69, 9.17) is 21.1 Å². The van der Waals surface area contributed by atoms with Crippen molar-refractivity contribution in [2.45, 2.75) is 38.8 Å². The fourth-order valence-corrected chi connectivity index (χ4v) is 6.06. The molecular weight excluding hydrogens is 498 g/mol. The van der Waals surface area contributed by atoms with Crippen LogP contribution in [0.5, 0.6) is 11.5 Å². The second kappa shape index (κ2) is 9.08. The quantitative estimate of drug-likeness (QED) is 0.342. The summed E-state index contributed by atoms with van der Waals surface area (Å²) in [7, 11) is 1.68. The highest BCUT2D eigenvalue weighted by atomic mass is 79.9. The molecule has 33 heavy (non-hydrogen) atoms. The lowest BCUT2D eigenvalue weighted by Gasteiger charge is -2.39. The van der Waals surface area contributed by atoms with Gasteiger partial charge in [-0.3, -0.25) is 0 Å². The maximum Gasteiger partial charge on any atom is 0.175 e. The van der Waals surface area contributed by atoms with E-state index in [1.54, 1.807) is 7.11 Å². The first-order chi connectivity index (χ1) is 16.0. The minimum Gasteiger partial charge on any atom is -0.493 e. The van der Waals surface area contributed by atoms with Crippen molar-refractivity contribution < 1.29 is 9.47 Å². The number of hydrogen-bond acceptors (Lipinski definition) is 3. The van der Waals surface area contributed by atoms with Crippen molar-refractivity contribution in [1.82, 2.24) is 0 Å². The SMILES string of the molecule is COc1cc([C@@H]2Nc3cc(C)cc(C)c3[C@@H]3C=CC[C@@H]32)cc(Br)c1OCc1ccccc1Cl.